The maximum Gasteiger partial charge on any atom is 0.0195 e. The number of nitrogens with one attached hydrogen (secondary N) is 1. The van der Waals surface area contributed by atoms with Crippen LogP contribution in [0.2, 0.25) is 0 Å². The summed E-state index contributed by atoms with van der Waals surface area (Å²) >= 11 is 0. The molecule has 3 atom stereocenters. The normalized spacial score (nSPS) is 37.5. The Hall–Kier alpha value is -0.0800. The molecule has 2 rings (SSSR count). The van der Waals surface area contributed by atoms with Gasteiger partial charge < -0.3 is 5.32 Å². The average Bonchev–Trinajstić information content (AvgIpc) is 2.30. The van der Waals surface area contributed by atoms with E-state index in [1.807, 2.05) is 0 Å². The molecule has 2 heteroatoms. The van der Waals surface area contributed by atoms with Gasteiger partial charge in [-0.05, 0) is 25.2 Å². The first-order valence-electron chi connectivity index (χ1n) is 7.28. The van der Waals surface area contributed by atoms with Crippen LogP contribution in [0.25, 0.3) is 0 Å². The lowest BCUT2D eigenvalue weighted by molar-refractivity contribution is 0.0792. The van der Waals surface area contributed by atoms with E-state index >= 15 is 0 Å². The molecule has 1 saturated heterocycles. The summed E-state index contributed by atoms with van der Waals surface area (Å²) in [7, 11) is 0. The molecule has 1 N–H and O–H groups in total. The first-order valence-corrected chi connectivity index (χ1v) is 7.28. The molecule has 2 aliphatic rings. The van der Waals surface area contributed by atoms with Crippen molar-refractivity contribution in [2.45, 2.75) is 64.5 Å². The fourth-order valence-corrected chi connectivity index (χ4v) is 3.53. The number of piperazine rings is 1. The molecule has 0 radical (unpaired) electrons. The smallest absolute Gasteiger partial charge is 0.0195 e. The number of hydrogen-bond acceptors (Lipinski definition) is 2. The third kappa shape index (κ3) is 2.98. The van der Waals surface area contributed by atoms with Crippen molar-refractivity contribution in [3.05, 3.63) is 0 Å². The highest BCUT2D eigenvalue weighted by Gasteiger charge is 2.30. The van der Waals surface area contributed by atoms with Gasteiger partial charge in [-0.1, -0.05) is 33.1 Å². The predicted octanol–water partition coefficient (Wildman–Crippen LogP) is 2.64. The lowest BCUT2D eigenvalue weighted by Gasteiger charge is -2.43. The molecule has 0 aromatic heterocycles. The summed E-state index contributed by atoms with van der Waals surface area (Å²) in [5.74, 6) is 0.925. The minimum Gasteiger partial charge on any atom is -0.311 e. The molecule has 0 aromatic rings. The maximum atomic E-state index is 3.66. The molecule has 1 aliphatic carbocycles. The van der Waals surface area contributed by atoms with E-state index in [0.29, 0.717) is 0 Å². The van der Waals surface area contributed by atoms with Gasteiger partial charge in [-0.3, -0.25) is 4.90 Å². The SMILES string of the molecule is CCCC1CN(C2CCCCC2C)CCN1. The van der Waals surface area contributed by atoms with Crippen LogP contribution < -0.4 is 5.32 Å². The van der Waals surface area contributed by atoms with Crippen molar-refractivity contribution in [2.24, 2.45) is 5.92 Å². The van der Waals surface area contributed by atoms with Crippen LogP contribution in [0.15, 0.2) is 0 Å². The molecular formula is C14H28N2. The first-order chi connectivity index (χ1) is 7.81. The van der Waals surface area contributed by atoms with Crippen LogP contribution in [0.4, 0.5) is 0 Å². The minimum absolute atomic E-state index is 0.757. The molecule has 3 unspecified atom stereocenters. The van der Waals surface area contributed by atoms with Crippen LogP contribution in [0.5, 0.6) is 0 Å². The topological polar surface area (TPSA) is 15.3 Å². The van der Waals surface area contributed by atoms with Gasteiger partial charge in [0, 0.05) is 31.7 Å². The van der Waals surface area contributed by atoms with Crippen molar-refractivity contribution in [3.63, 3.8) is 0 Å². The predicted molar refractivity (Wildman–Crippen MR) is 69.7 cm³/mol. The molecular weight excluding hydrogens is 196 g/mol. The van der Waals surface area contributed by atoms with Crippen molar-refractivity contribution < 1.29 is 0 Å². The molecule has 0 spiro atoms. The quantitative estimate of drug-likeness (QED) is 0.793. The van der Waals surface area contributed by atoms with Gasteiger partial charge in [0.15, 0.2) is 0 Å². The third-order valence-corrected chi connectivity index (χ3v) is 4.46. The van der Waals surface area contributed by atoms with Gasteiger partial charge in [0.25, 0.3) is 0 Å². The van der Waals surface area contributed by atoms with Crippen LogP contribution in [0, 0.1) is 5.92 Å². The minimum atomic E-state index is 0.757. The Morgan fingerprint density at radius 1 is 1.25 bits per heavy atom. The van der Waals surface area contributed by atoms with E-state index in [1.54, 1.807) is 0 Å². The summed E-state index contributed by atoms with van der Waals surface area (Å²) < 4.78 is 0. The van der Waals surface area contributed by atoms with Gasteiger partial charge >= 0.3 is 0 Å². The molecule has 2 nitrogen and oxygen atoms in total. The van der Waals surface area contributed by atoms with Crippen molar-refractivity contribution in [3.8, 4) is 0 Å². The molecule has 2 fully saturated rings. The summed E-state index contributed by atoms with van der Waals surface area (Å²) in [5, 5.41) is 3.66. The third-order valence-electron chi connectivity index (χ3n) is 4.46. The Morgan fingerprint density at radius 3 is 2.81 bits per heavy atom. The van der Waals surface area contributed by atoms with Crippen molar-refractivity contribution in [1.82, 2.24) is 10.2 Å². The molecule has 0 aromatic carbocycles. The first kappa shape index (κ1) is 12.4. The van der Waals surface area contributed by atoms with Crippen molar-refractivity contribution in [2.75, 3.05) is 19.6 Å². The zero-order chi connectivity index (χ0) is 11.4. The van der Waals surface area contributed by atoms with E-state index in [9.17, 15) is 0 Å². The number of hydrogen-bond donors (Lipinski definition) is 1. The zero-order valence-electron chi connectivity index (χ0n) is 11.0. The van der Waals surface area contributed by atoms with Gasteiger partial charge in [0.05, 0.1) is 0 Å². The lowest BCUT2D eigenvalue weighted by Crippen LogP contribution is -2.55. The van der Waals surface area contributed by atoms with Gasteiger partial charge in [-0.2, -0.15) is 0 Å². The van der Waals surface area contributed by atoms with E-state index in [1.165, 1.54) is 58.2 Å². The van der Waals surface area contributed by atoms with Crippen LogP contribution >= 0.6 is 0 Å². The standard InChI is InChI=1S/C14H28N2/c1-3-6-13-11-16(10-9-15-13)14-8-5-4-7-12(14)2/h12-15H,3-11H2,1-2H3. The second-order valence-electron chi connectivity index (χ2n) is 5.76. The van der Waals surface area contributed by atoms with Gasteiger partial charge in [-0.15, -0.1) is 0 Å². The average molecular weight is 224 g/mol. The Morgan fingerprint density at radius 2 is 2.06 bits per heavy atom. The molecule has 1 heterocycles. The molecule has 0 amide bonds. The molecule has 16 heavy (non-hydrogen) atoms. The highest BCUT2D eigenvalue weighted by molar-refractivity contribution is 4.87. The fraction of sp³-hybridized carbons (Fsp3) is 1.00. The van der Waals surface area contributed by atoms with Crippen molar-refractivity contribution in [1.29, 1.82) is 0 Å². The summed E-state index contributed by atoms with van der Waals surface area (Å²) in [6.45, 7) is 8.52. The van der Waals surface area contributed by atoms with Crippen LogP contribution in [0.3, 0.4) is 0 Å². The fourth-order valence-electron chi connectivity index (χ4n) is 3.53. The van der Waals surface area contributed by atoms with Crippen LogP contribution in [-0.2, 0) is 0 Å². The van der Waals surface area contributed by atoms with Crippen LogP contribution in [-0.4, -0.2) is 36.6 Å². The highest BCUT2D eigenvalue weighted by Crippen LogP contribution is 2.28. The van der Waals surface area contributed by atoms with Gasteiger partial charge in [0.2, 0.25) is 0 Å². The second kappa shape index (κ2) is 6.02. The van der Waals surface area contributed by atoms with Crippen LogP contribution in [0.1, 0.15) is 52.4 Å². The number of nitrogens with zero attached hydrogens (tertiary/aromatic N) is 1. The second-order valence-corrected chi connectivity index (χ2v) is 5.76. The molecule has 94 valence electrons. The van der Waals surface area contributed by atoms with Gasteiger partial charge in [-0.25, -0.2) is 0 Å². The van der Waals surface area contributed by atoms with E-state index in [-0.39, 0.29) is 0 Å². The Bertz CT molecular complexity index is 203. The number of rotatable bonds is 3. The largest absolute Gasteiger partial charge is 0.311 e. The summed E-state index contributed by atoms with van der Waals surface area (Å²) in [6, 6.07) is 1.64. The van der Waals surface area contributed by atoms with Gasteiger partial charge in [0.1, 0.15) is 0 Å². The van der Waals surface area contributed by atoms with E-state index in [2.05, 4.69) is 24.1 Å². The molecule has 1 aliphatic heterocycles. The Balaban J connectivity index is 1.87. The monoisotopic (exact) mass is 224 g/mol. The molecule has 1 saturated carbocycles. The highest BCUT2D eigenvalue weighted by atomic mass is 15.2. The van der Waals surface area contributed by atoms with E-state index < -0.39 is 0 Å². The van der Waals surface area contributed by atoms with E-state index in [4.69, 9.17) is 0 Å². The maximum absolute atomic E-state index is 3.66. The Labute approximate surface area is 101 Å². The van der Waals surface area contributed by atoms with Crippen molar-refractivity contribution >= 4 is 0 Å². The molecule has 0 bridgehead atoms. The Kier molecular flexibility index (Phi) is 4.66. The summed E-state index contributed by atoms with van der Waals surface area (Å²) in [4.78, 5) is 2.78. The summed E-state index contributed by atoms with van der Waals surface area (Å²) in [5.41, 5.74) is 0. The van der Waals surface area contributed by atoms with E-state index in [0.717, 1.165) is 18.0 Å². The summed E-state index contributed by atoms with van der Waals surface area (Å²) in [6.07, 6.45) is 8.47. The zero-order valence-corrected chi connectivity index (χ0v) is 11.0. The lowest BCUT2D eigenvalue weighted by atomic mass is 9.84.